The number of hydrogen-bond acceptors (Lipinski definition) is 1. The lowest BCUT2D eigenvalue weighted by molar-refractivity contribution is 0.563. The Kier molecular flexibility index (Phi) is 11.3. The van der Waals surface area contributed by atoms with Crippen LogP contribution in [-0.2, 0) is 10.8 Å². The van der Waals surface area contributed by atoms with E-state index in [4.69, 9.17) is 4.99 Å². The molecule has 8 aromatic carbocycles. The van der Waals surface area contributed by atoms with Gasteiger partial charge in [0.2, 0.25) is 0 Å². The molecule has 1 nitrogen and oxygen atoms in total. The standard InChI is InChI=1S/C64H57N/c1-6-9-30-52(8-3)65-61(47-28-17-12-18-29-47)43-44(7-2)53-31-23-36-60-62(53)54-42-48(51-40-49(45-24-13-10-14-25-45)39-50(41-51)46-26-15-11-16-27-46)37-38-55(54)64(60)58-34-21-19-32-56(58)63(4,5)57-33-20-22-35-59(57)64/h7,10-29,31-43,52H,2,6,8-9,30H2,1,3-5H3/b44-43+,65-61+. The van der Waals surface area contributed by atoms with Crippen LogP contribution in [0, 0.1) is 0 Å². The highest BCUT2D eigenvalue weighted by Crippen LogP contribution is 2.63. The highest BCUT2D eigenvalue weighted by Gasteiger charge is 2.53. The zero-order valence-corrected chi connectivity index (χ0v) is 38.2. The minimum atomic E-state index is -0.543. The molecule has 0 fully saturated rings. The lowest BCUT2D eigenvalue weighted by Gasteiger charge is -2.46. The van der Waals surface area contributed by atoms with Crippen molar-refractivity contribution in [2.45, 2.75) is 70.3 Å². The number of nitrogens with zero attached hydrogens (tertiary/aromatic N) is 1. The summed E-state index contributed by atoms with van der Waals surface area (Å²) in [5, 5.41) is 0. The molecule has 0 heterocycles. The molecule has 0 saturated heterocycles. The fourth-order valence-corrected chi connectivity index (χ4v) is 11.0. The first-order valence-corrected chi connectivity index (χ1v) is 23.6. The number of benzene rings is 8. The van der Waals surface area contributed by atoms with Crippen molar-refractivity contribution >= 4 is 11.3 Å². The number of hydrogen-bond donors (Lipinski definition) is 0. The monoisotopic (exact) mass is 839 g/mol. The van der Waals surface area contributed by atoms with E-state index in [1.54, 1.807) is 0 Å². The topological polar surface area (TPSA) is 12.4 Å². The predicted octanol–water partition coefficient (Wildman–Crippen LogP) is 16.7. The van der Waals surface area contributed by atoms with Gasteiger partial charge < -0.3 is 0 Å². The summed E-state index contributed by atoms with van der Waals surface area (Å²) in [7, 11) is 0. The van der Waals surface area contributed by atoms with Crippen molar-refractivity contribution in [3.63, 3.8) is 0 Å². The van der Waals surface area contributed by atoms with Crippen LogP contribution in [-0.4, -0.2) is 11.8 Å². The van der Waals surface area contributed by atoms with E-state index in [0.717, 1.165) is 42.5 Å². The van der Waals surface area contributed by atoms with Crippen LogP contribution in [0.25, 0.3) is 50.1 Å². The van der Waals surface area contributed by atoms with Crippen molar-refractivity contribution in [2.24, 2.45) is 4.99 Å². The van der Waals surface area contributed by atoms with Gasteiger partial charge in [-0.05, 0) is 138 Å². The van der Waals surface area contributed by atoms with E-state index < -0.39 is 5.41 Å². The van der Waals surface area contributed by atoms with Crippen LogP contribution in [0.15, 0.2) is 218 Å². The molecular weight excluding hydrogens is 783 g/mol. The molecule has 1 heteroatoms. The van der Waals surface area contributed by atoms with Crippen LogP contribution < -0.4 is 0 Å². The molecule has 0 bridgehead atoms. The normalized spacial score (nSPS) is 14.8. The van der Waals surface area contributed by atoms with Crippen LogP contribution in [0.1, 0.15) is 97.9 Å². The Morgan fingerprint density at radius 1 is 0.523 bits per heavy atom. The molecule has 1 unspecified atom stereocenters. The Balaban J connectivity index is 1.27. The summed E-state index contributed by atoms with van der Waals surface area (Å²) >= 11 is 0. The maximum atomic E-state index is 5.52. The largest absolute Gasteiger partial charge is 0.281 e. The SMILES string of the molecule is C=C/C(=C\C(=N/C(CC)CCCC)c1ccccc1)c1cccc2c1-c1cc(-c3cc(-c4ccccc4)cc(-c4ccccc4)c3)ccc1C21c2ccccc2C(C)(C)c2ccccc21. The van der Waals surface area contributed by atoms with Gasteiger partial charge in [-0.1, -0.05) is 223 Å². The third kappa shape index (κ3) is 7.24. The van der Waals surface area contributed by atoms with Crippen molar-refractivity contribution in [2.75, 3.05) is 0 Å². The first-order valence-electron chi connectivity index (χ1n) is 23.6. The van der Waals surface area contributed by atoms with Crippen LogP contribution in [0.4, 0.5) is 0 Å². The molecule has 65 heavy (non-hydrogen) atoms. The first-order chi connectivity index (χ1) is 31.9. The van der Waals surface area contributed by atoms with Crippen molar-refractivity contribution in [1.29, 1.82) is 0 Å². The van der Waals surface area contributed by atoms with Crippen LogP contribution in [0.5, 0.6) is 0 Å². The van der Waals surface area contributed by atoms with Crippen LogP contribution in [0.3, 0.4) is 0 Å². The van der Waals surface area contributed by atoms with E-state index in [1.807, 2.05) is 0 Å². The molecule has 0 aliphatic heterocycles. The zero-order valence-electron chi connectivity index (χ0n) is 38.2. The molecule has 0 aromatic heterocycles. The Morgan fingerprint density at radius 3 is 1.60 bits per heavy atom. The van der Waals surface area contributed by atoms with E-state index in [0.29, 0.717) is 0 Å². The zero-order chi connectivity index (χ0) is 44.5. The van der Waals surface area contributed by atoms with Gasteiger partial charge in [0.25, 0.3) is 0 Å². The summed E-state index contributed by atoms with van der Waals surface area (Å²) in [6, 6.07) is 72.3. The van der Waals surface area contributed by atoms with Crippen molar-refractivity contribution in [3.05, 3.63) is 257 Å². The second-order valence-electron chi connectivity index (χ2n) is 18.4. The molecule has 0 N–H and O–H groups in total. The van der Waals surface area contributed by atoms with Gasteiger partial charge in [0, 0.05) is 5.41 Å². The number of aliphatic imine (C=N–C) groups is 1. The second-order valence-corrected chi connectivity index (χ2v) is 18.4. The van der Waals surface area contributed by atoms with Gasteiger partial charge in [-0.2, -0.15) is 0 Å². The minimum absolute atomic E-state index is 0.189. The Hall–Kier alpha value is -7.09. The Morgan fingerprint density at radius 2 is 1.05 bits per heavy atom. The van der Waals surface area contributed by atoms with Crippen molar-refractivity contribution in [3.8, 4) is 44.5 Å². The molecule has 10 rings (SSSR count). The summed E-state index contributed by atoms with van der Waals surface area (Å²) in [5.74, 6) is 0. The molecule has 1 atom stereocenters. The number of allylic oxidation sites excluding steroid dienone is 3. The summed E-state index contributed by atoms with van der Waals surface area (Å²) in [4.78, 5) is 5.52. The number of rotatable bonds is 12. The molecule has 2 aliphatic rings. The van der Waals surface area contributed by atoms with E-state index in [9.17, 15) is 0 Å². The lowest BCUT2D eigenvalue weighted by atomic mass is 9.55. The van der Waals surface area contributed by atoms with Gasteiger partial charge in [0.05, 0.1) is 17.2 Å². The van der Waals surface area contributed by atoms with Gasteiger partial charge in [-0.25, -0.2) is 0 Å². The number of fused-ring (bicyclic) bond motifs is 9. The van der Waals surface area contributed by atoms with E-state index in [-0.39, 0.29) is 11.5 Å². The van der Waals surface area contributed by atoms with Gasteiger partial charge in [-0.15, -0.1) is 0 Å². The molecule has 0 radical (unpaired) electrons. The number of unbranched alkanes of at least 4 members (excludes halogenated alkanes) is 1. The van der Waals surface area contributed by atoms with Crippen LogP contribution >= 0.6 is 0 Å². The molecular formula is C64H57N. The maximum Gasteiger partial charge on any atom is 0.0719 e. The van der Waals surface area contributed by atoms with Gasteiger partial charge in [0.15, 0.2) is 0 Å². The second kappa shape index (κ2) is 17.5. The molecule has 0 saturated carbocycles. The molecule has 318 valence electrons. The summed E-state index contributed by atoms with van der Waals surface area (Å²) in [6.45, 7) is 13.8. The van der Waals surface area contributed by atoms with Gasteiger partial charge in [0.1, 0.15) is 0 Å². The summed E-state index contributed by atoms with van der Waals surface area (Å²) in [6.07, 6.45) is 8.76. The van der Waals surface area contributed by atoms with Gasteiger partial charge >= 0.3 is 0 Å². The van der Waals surface area contributed by atoms with Crippen molar-refractivity contribution in [1.82, 2.24) is 0 Å². The smallest absolute Gasteiger partial charge is 0.0719 e. The molecule has 0 amide bonds. The lowest BCUT2D eigenvalue weighted by Crippen LogP contribution is -2.40. The van der Waals surface area contributed by atoms with E-state index >= 15 is 0 Å². The maximum absolute atomic E-state index is 5.52. The molecule has 8 aromatic rings. The summed E-state index contributed by atoms with van der Waals surface area (Å²) in [5.41, 5.74) is 21.4. The fraction of sp³-hybridized carbons (Fsp3) is 0.172. The highest BCUT2D eigenvalue weighted by atomic mass is 14.8. The third-order valence-electron chi connectivity index (χ3n) is 14.2. The van der Waals surface area contributed by atoms with Crippen molar-refractivity contribution < 1.29 is 0 Å². The average molecular weight is 840 g/mol. The summed E-state index contributed by atoms with van der Waals surface area (Å²) < 4.78 is 0. The molecule has 2 aliphatic carbocycles. The van der Waals surface area contributed by atoms with E-state index in [2.05, 4.69) is 241 Å². The van der Waals surface area contributed by atoms with Crippen LogP contribution in [0.2, 0.25) is 0 Å². The van der Waals surface area contributed by atoms with E-state index in [1.165, 1.54) is 83.5 Å². The predicted molar refractivity (Wildman–Crippen MR) is 277 cm³/mol. The Bertz CT molecular complexity index is 2990. The average Bonchev–Trinajstić information content (AvgIpc) is 3.66. The first kappa shape index (κ1) is 41.9. The quantitative estimate of drug-likeness (QED) is 0.0858. The Labute approximate surface area is 386 Å². The highest BCUT2D eigenvalue weighted by molar-refractivity contribution is 6.14. The van der Waals surface area contributed by atoms with Gasteiger partial charge in [-0.3, -0.25) is 4.99 Å². The third-order valence-corrected chi connectivity index (χ3v) is 14.2. The fourth-order valence-electron chi connectivity index (χ4n) is 11.0. The minimum Gasteiger partial charge on any atom is -0.281 e. The molecule has 1 spiro atoms.